The number of carbonyl (C=O) groups is 1. The van der Waals surface area contributed by atoms with Gasteiger partial charge in [0.05, 0.1) is 5.69 Å². The van der Waals surface area contributed by atoms with Crippen LogP contribution in [0.2, 0.25) is 0 Å². The van der Waals surface area contributed by atoms with E-state index >= 15 is 0 Å². The summed E-state index contributed by atoms with van der Waals surface area (Å²) in [5.74, 6) is -0.535. The molecule has 19 heavy (non-hydrogen) atoms. The molecule has 0 saturated heterocycles. The highest BCUT2D eigenvalue weighted by atomic mass is 79.9. The van der Waals surface area contributed by atoms with E-state index in [4.69, 9.17) is 4.52 Å². The second kappa shape index (κ2) is 5.52. The third-order valence-electron chi connectivity index (χ3n) is 2.60. The average molecular weight is 327 g/mol. The maximum atomic E-state index is 13.6. The summed E-state index contributed by atoms with van der Waals surface area (Å²) in [6.07, 6.45) is 0. The fraction of sp³-hybridized carbons (Fsp3) is 0.231. The first-order chi connectivity index (χ1) is 8.97. The molecule has 100 valence electrons. The number of aromatic nitrogens is 1. The van der Waals surface area contributed by atoms with E-state index in [-0.39, 0.29) is 24.0 Å². The van der Waals surface area contributed by atoms with Crippen molar-refractivity contribution in [1.29, 1.82) is 0 Å². The third-order valence-corrected chi connectivity index (χ3v) is 3.09. The van der Waals surface area contributed by atoms with Crippen molar-refractivity contribution in [3.05, 3.63) is 51.6 Å². The monoisotopic (exact) mass is 326 g/mol. The standard InChI is InChI=1S/C13H12BrFN2O2/c1-8-5-12(19-16-8)13(18)17(2)7-9-6-10(14)3-4-11(9)15/h3-6H,7H2,1-2H3. The van der Waals surface area contributed by atoms with Crippen LogP contribution in [-0.4, -0.2) is 23.0 Å². The Hall–Kier alpha value is -1.69. The number of hydrogen-bond donors (Lipinski definition) is 0. The Bertz CT molecular complexity index is 612. The lowest BCUT2D eigenvalue weighted by Crippen LogP contribution is -2.26. The Morgan fingerprint density at radius 1 is 1.47 bits per heavy atom. The molecule has 4 nitrogen and oxygen atoms in total. The Balaban J connectivity index is 2.14. The SMILES string of the molecule is Cc1cc(C(=O)N(C)Cc2cc(Br)ccc2F)on1. The topological polar surface area (TPSA) is 46.3 Å². The molecule has 0 aliphatic heterocycles. The normalized spacial score (nSPS) is 10.5. The molecule has 0 radical (unpaired) electrons. The minimum absolute atomic E-state index is 0.149. The highest BCUT2D eigenvalue weighted by Gasteiger charge is 2.18. The Kier molecular flexibility index (Phi) is 3.99. The van der Waals surface area contributed by atoms with Crippen LogP contribution in [0.5, 0.6) is 0 Å². The molecule has 0 N–H and O–H groups in total. The van der Waals surface area contributed by atoms with Crippen molar-refractivity contribution in [2.45, 2.75) is 13.5 Å². The number of halogens is 2. The number of benzene rings is 1. The Labute approximate surface area is 118 Å². The van der Waals surface area contributed by atoms with E-state index in [1.54, 1.807) is 32.2 Å². The summed E-state index contributed by atoms with van der Waals surface area (Å²) in [5, 5.41) is 3.65. The predicted octanol–water partition coefficient (Wildman–Crippen LogP) is 3.16. The summed E-state index contributed by atoms with van der Waals surface area (Å²) in [6.45, 7) is 1.89. The summed E-state index contributed by atoms with van der Waals surface area (Å²) in [6, 6.07) is 6.16. The first-order valence-corrected chi connectivity index (χ1v) is 6.39. The van der Waals surface area contributed by atoms with Gasteiger partial charge in [-0.2, -0.15) is 0 Å². The molecule has 1 aromatic heterocycles. The summed E-state index contributed by atoms with van der Waals surface area (Å²) in [4.78, 5) is 13.4. The average Bonchev–Trinajstić information content (AvgIpc) is 2.79. The molecule has 2 rings (SSSR count). The molecule has 0 aliphatic rings. The van der Waals surface area contributed by atoms with E-state index in [1.165, 1.54) is 11.0 Å². The summed E-state index contributed by atoms with van der Waals surface area (Å²) in [7, 11) is 1.58. The molecular weight excluding hydrogens is 315 g/mol. The van der Waals surface area contributed by atoms with Crippen LogP contribution in [0.1, 0.15) is 21.8 Å². The van der Waals surface area contributed by atoms with Gasteiger partial charge in [0.15, 0.2) is 0 Å². The van der Waals surface area contributed by atoms with Gasteiger partial charge < -0.3 is 9.42 Å². The van der Waals surface area contributed by atoms with Gasteiger partial charge in [-0.25, -0.2) is 4.39 Å². The van der Waals surface area contributed by atoms with Crippen molar-refractivity contribution in [2.75, 3.05) is 7.05 Å². The molecule has 6 heteroatoms. The summed E-state index contributed by atoms with van der Waals surface area (Å²) < 4.78 is 19.3. The van der Waals surface area contributed by atoms with Gasteiger partial charge >= 0.3 is 0 Å². The molecule has 1 heterocycles. The minimum atomic E-state index is -0.350. The van der Waals surface area contributed by atoms with Crippen molar-refractivity contribution >= 4 is 21.8 Å². The molecule has 0 atom stereocenters. The van der Waals surface area contributed by atoms with Crippen LogP contribution < -0.4 is 0 Å². The maximum absolute atomic E-state index is 13.6. The van der Waals surface area contributed by atoms with Gasteiger partial charge in [0, 0.05) is 29.7 Å². The fourth-order valence-corrected chi connectivity index (χ4v) is 2.05. The molecule has 1 amide bonds. The second-order valence-electron chi connectivity index (χ2n) is 4.23. The number of aryl methyl sites for hydroxylation is 1. The maximum Gasteiger partial charge on any atom is 0.292 e. The van der Waals surface area contributed by atoms with Crippen LogP contribution in [0.15, 0.2) is 33.3 Å². The first kappa shape index (κ1) is 13.7. The lowest BCUT2D eigenvalue weighted by Gasteiger charge is -2.16. The van der Waals surface area contributed by atoms with E-state index < -0.39 is 0 Å². The quantitative estimate of drug-likeness (QED) is 0.870. The van der Waals surface area contributed by atoms with Crippen LogP contribution in [0.4, 0.5) is 4.39 Å². The van der Waals surface area contributed by atoms with Crippen LogP contribution >= 0.6 is 15.9 Å². The van der Waals surface area contributed by atoms with Crippen LogP contribution in [-0.2, 0) is 6.54 Å². The van der Waals surface area contributed by atoms with Gasteiger partial charge in [0.2, 0.25) is 5.76 Å². The number of nitrogens with zero attached hydrogens (tertiary/aromatic N) is 2. The van der Waals surface area contributed by atoms with Crippen molar-refractivity contribution in [2.24, 2.45) is 0 Å². The Morgan fingerprint density at radius 3 is 2.84 bits per heavy atom. The van der Waals surface area contributed by atoms with Gasteiger partial charge in [-0.1, -0.05) is 21.1 Å². The minimum Gasteiger partial charge on any atom is -0.351 e. The van der Waals surface area contributed by atoms with E-state index in [2.05, 4.69) is 21.1 Å². The number of amides is 1. The zero-order valence-corrected chi connectivity index (χ0v) is 12.1. The van der Waals surface area contributed by atoms with Crippen LogP contribution in [0.25, 0.3) is 0 Å². The zero-order valence-electron chi connectivity index (χ0n) is 10.5. The van der Waals surface area contributed by atoms with Crippen LogP contribution in [0.3, 0.4) is 0 Å². The van der Waals surface area contributed by atoms with E-state index in [1.807, 2.05) is 0 Å². The van der Waals surface area contributed by atoms with Crippen molar-refractivity contribution in [1.82, 2.24) is 10.1 Å². The highest BCUT2D eigenvalue weighted by molar-refractivity contribution is 9.10. The molecule has 1 aromatic carbocycles. The van der Waals surface area contributed by atoms with Gasteiger partial charge in [-0.05, 0) is 25.1 Å². The third kappa shape index (κ3) is 3.20. The molecule has 0 spiro atoms. The molecular formula is C13H12BrFN2O2. The molecule has 0 aliphatic carbocycles. The molecule has 0 fully saturated rings. The van der Waals surface area contributed by atoms with Crippen LogP contribution in [0, 0.1) is 12.7 Å². The molecule has 0 unspecified atom stereocenters. The molecule has 0 bridgehead atoms. The number of hydrogen-bond acceptors (Lipinski definition) is 3. The summed E-state index contributed by atoms with van der Waals surface area (Å²) >= 11 is 3.27. The van der Waals surface area contributed by atoms with Gasteiger partial charge in [-0.3, -0.25) is 4.79 Å². The van der Waals surface area contributed by atoms with Gasteiger partial charge in [-0.15, -0.1) is 0 Å². The Morgan fingerprint density at radius 2 is 2.21 bits per heavy atom. The summed E-state index contributed by atoms with van der Waals surface area (Å²) in [5.41, 5.74) is 1.06. The lowest BCUT2D eigenvalue weighted by molar-refractivity contribution is 0.0742. The van der Waals surface area contributed by atoms with E-state index in [0.717, 1.165) is 4.47 Å². The lowest BCUT2D eigenvalue weighted by atomic mass is 10.2. The zero-order chi connectivity index (χ0) is 14.0. The predicted molar refractivity (Wildman–Crippen MR) is 71.1 cm³/mol. The number of rotatable bonds is 3. The van der Waals surface area contributed by atoms with E-state index in [0.29, 0.717) is 11.3 Å². The van der Waals surface area contributed by atoms with Gasteiger partial charge in [0.1, 0.15) is 5.82 Å². The smallest absolute Gasteiger partial charge is 0.292 e. The number of carbonyl (C=O) groups excluding carboxylic acids is 1. The molecule has 2 aromatic rings. The fourth-order valence-electron chi connectivity index (χ4n) is 1.64. The van der Waals surface area contributed by atoms with Crippen molar-refractivity contribution in [3.63, 3.8) is 0 Å². The first-order valence-electron chi connectivity index (χ1n) is 5.60. The van der Waals surface area contributed by atoms with E-state index in [9.17, 15) is 9.18 Å². The molecule has 0 saturated carbocycles. The van der Waals surface area contributed by atoms with Crippen molar-refractivity contribution < 1.29 is 13.7 Å². The van der Waals surface area contributed by atoms with Crippen molar-refractivity contribution in [3.8, 4) is 0 Å². The van der Waals surface area contributed by atoms with Gasteiger partial charge in [0.25, 0.3) is 5.91 Å². The largest absolute Gasteiger partial charge is 0.351 e. The second-order valence-corrected chi connectivity index (χ2v) is 5.15. The highest BCUT2D eigenvalue weighted by Crippen LogP contribution is 2.17.